The third-order valence-electron chi connectivity index (χ3n) is 4.04. The van der Waals surface area contributed by atoms with Crippen molar-refractivity contribution in [3.05, 3.63) is 107 Å². The molecule has 0 radical (unpaired) electrons. The highest BCUT2D eigenvalue weighted by atomic mass is 79.9. The van der Waals surface area contributed by atoms with Gasteiger partial charge in [0.05, 0.1) is 17.3 Å². The van der Waals surface area contributed by atoms with Crippen molar-refractivity contribution < 1.29 is 19.1 Å². The zero-order valence-electron chi connectivity index (χ0n) is 16.5. The molecule has 31 heavy (non-hydrogen) atoms. The molecule has 3 aromatic carbocycles. The molecule has 0 bridgehead atoms. The first-order valence-corrected chi connectivity index (χ1v) is 10.1. The Morgan fingerprint density at radius 1 is 1.00 bits per heavy atom. The van der Waals surface area contributed by atoms with E-state index in [0.717, 1.165) is 4.47 Å². The molecule has 3 rings (SSSR count). The number of ether oxygens (including phenoxy) is 2. The van der Waals surface area contributed by atoms with E-state index in [9.17, 15) is 9.59 Å². The molecule has 1 N–H and O–H groups in total. The van der Waals surface area contributed by atoms with Gasteiger partial charge in [0, 0.05) is 10.0 Å². The minimum atomic E-state index is -0.483. The Kier molecular flexibility index (Phi) is 7.73. The summed E-state index contributed by atoms with van der Waals surface area (Å²) in [5.41, 5.74) is 3.75. The number of hydrazone groups is 1. The van der Waals surface area contributed by atoms with Crippen molar-refractivity contribution >= 4 is 34.0 Å². The first-order valence-electron chi connectivity index (χ1n) is 9.31. The van der Waals surface area contributed by atoms with E-state index in [1.165, 1.54) is 6.21 Å². The monoisotopic (exact) mass is 478 g/mol. The second-order valence-electron chi connectivity index (χ2n) is 6.23. The van der Waals surface area contributed by atoms with Gasteiger partial charge < -0.3 is 9.47 Å². The van der Waals surface area contributed by atoms with E-state index in [1.54, 1.807) is 72.8 Å². The maximum atomic E-state index is 12.6. The van der Waals surface area contributed by atoms with Crippen molar-refractivity contribution in [2.45, 2.75) is 0 Å². The molecule has 156 valence electrons. The number of nitrogens with zero attached hydrogens (tertiary/aromatic N) is 1. The normalized spacial score (nSPS) is 10.5. The van der Waals surface area contributed by atoms with Crippen LogP contribution in [0.3, 0.4) is 0 Å². The minimum absolute atomic E-state index is 0.269. The van der Waals surface area contributed by atoms with Gasteiger partial charge in [-0.15, -0.1) is 0 Å². The first-order chi connectivity index (χ1) is 15.1. The highest BCUT2D eigenvalue weighted by Gasteiger charge is 2.13. The predicted octanol–water partition coefficient (Wildman–Crippen LogP) is 5.00. The summed E-state index contributed by atoms with van der Waals surface area (Å²) in [5, 5.41) is 4.00. The third-order valence-corrected chi connectivity index (χ3v) is 4.54. The second-order valence-corrected chi connectivity index (χ2v) is 7.15. The van der Waals surface area contributed by atoms with Gasteiger partial charge in [0.25, 0.3) is 5.91 Å². The average molecular weight is 479 g/mol. The van der Waals surface area contributed by atoms with Crippen molar-refractivity contribution in [1.29, 1.82) is 0 Å². The molecular formula is C24H19BrN2O4. The summed E-state index contributed by atoms with van der Waals surface area (Å²) in [7, 11) is 0. The Balaban J connectivity index is 1.72. The van der Waals surface area contributed by atoms with E-state index in [4.69, 9.17) is 9.47 Å². The van der Waals surface area contributed by atoms with Crippen LogP contribution in [0.2, 0.25) is 0 Å². The summed E-state index contributed by atoms with van der Waals surface area (Å²) in [6, 6.07) is 20.7. The van der Waals surface area contributed by atoms with Crippen molar-refractivity contribution in [2.24, 2.45) is 5.10 Å². The van der Waals surface area contributed by atoms with Crippen LogP contribution in [-0.4, -0.2) is 24.7 Å². The molecule has 0 fully saturated rings. The van der Waals surface area contributed by atoms with Crippen LogP contribution in [0.1, 0.15) is 26.3 Å². The molecule has 0 aliphatic carbocycles. The van der Waals surface area contributed by atoms with Crippen LogP contribution < -0.4 is 14.9 Å². The van der Waals surface area contributed by atoms with Gasteiger partial charge in [-0.1, -0.05) is 58.9 Å². The highest BCUT2D eigenvalue weighted by molar-refractivity contribution is 9.10. The second kappa shape index (κ2) is 10.9. The number of hydrogen-bond acceptors (Lipinski definition) is 5. The van der Waals surface area contributed by atoms with Gasteiger partial charge in [0.15, 0.2) is 0 Å². The van der Waals surface area contributed by atoms with Crippen LogP contribution in [0.5, 0.6) is 11.5 Å². The Hall–Kier alpha value is -3.71. The van der Waals surface area contributed by atoms with E-state index in [2.05, 4.69) is 33.0 Å². The Labute approximate surface area is 188 Å². The van der Waals surface area contributed by atoms with E-state index < -0.39 is 11.9 Å². The van der Waals surface area contributed by atoms with Crippen molar-refractivity contribution in [2.75, 3.05) is 6.61 Å². The maximum absolute atomic E-state index is 12.6. The number of nitrogens with one attached hydrogen (secondary N) is 1. The summed E-state index contributed by atoms with van der Waals surface area (Å²) in [6.45, 7) is 3.87. The molecule has 0 unspecified atom stereocenters. The van der Waals surface area contributed by atoms with Gasteiger partial charge in [0.2, 0.25) is 0 Å². The van der Waals surface area contributed by atoms with E-state index in [0.29, 0.717) is 28.2 Å². The van der Waals surface area contributed by atoms with Gasteiger partial charge in [-0.3, -0.25) is 4.79 Å². The number of para-hydroxylation sites is 1. The quantitative estimate of drug-likeness (QED) is 0.162. The summed E-state index contributed by atoms with van der Waals surface area (Å²) in [5.74, 6) is -0.196. The molecule has 0 saturated carbocycles. The smallest absolute Gasteiger partial charge is 0.343 e. The van der Waals surface area contributed by atoms with E-state index in [-0.39, 0.29) is 6.61 Å². The molecular weight excluding hydrogens is 460 g/mol. The zero-order chi connectivity index (χ0) is 22.1. The molecule has 0 heterocycles. The molecule has 0 spiro atoms. The Morgan fingerprint density at radius 3 is 2.52 bits per heavy atom. The fourth-order valence-corrected chi connectivity index (χ4v) is 2.95. The minimum Gasteiger partial charge on any atom is -0.489 e. The lowest BCUT2D eigenvalue weighted by Crippen LogP contribution is -2.19. The molecule has 0 aliphatic rings. The number of halogens is 1. The first kappa shape index (κ1) is 22.0. The SMILES string of the molecule is C=CCOc1ccc(Br)cc1C(=O)N/N=C/c1ccccc1OC(=O)c1ccccc1. The molecule has 1 amide bonds. The molecule has 0 aromatic heterocycles. The lowest BCUT2D eigenvalue weighted by Gasteiger charge is -2.10. The number of rotatable bonds is 8. The number of carbonyl (C=O) groups is 2. The number of benzene rings is 3. The molecule has 7 heteroatoms. The van der Waals surface area contributed by atoms with Gasteiger partial charge in [-0.05, 0) is 42.5 Å². The molecule has 3 aromatic rings. The fraction of sp³-hybridized carbons (Fsp3) is 0.0417. The number of esters is 1. The van der Waals surface area contributed by atoms with Crippen molar-refractivity contribution in [3.8, 4) is 11.5 Å². The van der Waals surface area contributed by atoms with Gasteiger partial charge >= 0.3 is 5.97 Å². The molecule has 6 nitrogen and oxygen atoms in total. The lowest BCUT2D eigenvalue weighted by molar-refractivity contribution is 0.0734. The van der Waals surface area contributed by atoms with Gasteiger partial charge in [0.1, 0.15) is 18.1 Å². The van der Waals surface area contributed by atoms with Crippen molar-refractivity contribution in [3.63, 3.8) is 0 Å². The third kappa shape index (κ3) is 6.13. The topological polar surface area (TPSA) is 77.0 Å². The maximum Gasteiger partial charge on any atom is 0.343 e. The summed E-state index contributed by atoms with van der Waals surface area (Å²) >= 11 is 3.35. The predicted molar refractivity (Wildman–Crippen MR) is 123 cm³/mol. The van der Waals surface area contributed by atoms with Crippen LogP contribution in [0.25, 0.3) is 0 Å². The lowest BCUT2D eigenvalue weighted by atomic mass is 10.2. The van der Waals surface area contributed by atoms with Gasteiger partial charge in [-0.25, -0.2) is 10.2 Å². The summed E-state index contributed by atoms with van der Waals surface area (Å²) in [4.78, 5) is 24.9. The Morgan fingerprint density at radius 2 is 1.74 bits per heavy atom. The fourth-order valence-electron chi connectivity index (χ4n) is 2.59. The van der Waals surface area contributed by atoms with Gasteiger partial charge in [-0.2, -0.15) is 5.10 Å². The largest absolute Gasteiger partial charge is 0.489 e. The highest BCUT2D eigenvalue weighted by Crippen LogP contribution is 2.23. The summed E-state index contributed by atoms with van der Waals surface area (Å²) in [6.07, 6.45) is 3.00. The van der Waals surface area contributed by atoms with Crippen LogP contribution in [0, 0.1) is 0 Å². The standard InChI is InChI=1S/C24H19BrN2O4/c1-2-14-30-22-13-12-19(25)15-20(22)23(28)27-26-16-18-10-6-7-11-21(18)31-24(29)17-8-4-3-5-9-17/h2-13,15-16H,1,14H2,(H,27,28)/b26-16+. The number of carbonyl (C=O) groups excluding carboxylic acids is 2. The summed E-state index contributed by atoms with van der Waals surface area (Å²) < 4.78 is 11.7. The number of hydrogen-bond donors (Lipinski definition) is 1. The molecule has 0 atom stereocenters. The average Bonchev–Trinajstić information content (AvgIpc) is 2.79. The van der Waals surface area contributed by atoms with Crippen molar-refractivity contribution in [1.82, 2.24) is 5.43 Å². The molecule has 0 saturated heterocycles. The van der Waals surface area contributed by atoms with Crippen LogP contribution in [0.15, 0.2) is 95.0 Å². The van der Waals surface area contributed by atoms with Crippen LogP contribution in [-0.2, 0) is 0 Å². The van der Waals surface area contributed by atoms with Crippen LogP contribution in [0.4, 0.5) is 0 Å². The zero-order valence-corrected chi connectivity index (χ0v) is 18.0. The van der Waals surface area contributed by atoms with Crippen LogP contribution >= 0.6 is 15.9 Å². The Bertz CT molecular complexity index is 1110. The number of amides is 1. The van der Waals surface area contributed by atoms with E-state index in [1.807, 2.05) is 6.07 Å². The van der Waals surface area contributed by atoms with E-state index >= 15 is 0 Å². The molecule has 0 aliphatic heterocycles.